The van der Waals surface area contributed by atoms with Gasteiger partial charge in [0.2, 0.25) is 0 Å². The number of nitrogens with zero attached hydrogens (tertiary/aromatic N) is 3. The number of aromatic nitrogens is 3. The molecule has 0 fully saturated rings. The lowest BCUT2D eigenvalue weighted by atomic mass is 10.1. The van der Waals surface area contributed by atoms with Gasteiger partial charge in [-0.15, -0.1) is 0 Å². The number of fused-ring (bicyclic) bond motifs is 1. The van der Waals surface area contributed by atoms with Crippen LogP contribution in [0.3, 0.4) is 0 Å². The number of rotatable bonds is 3. The molecule has 2 aromatic carbocycles. The van der Waals surface area contributed by atoms with Crippen LogP contribution in [0.25, 0.3) is 33.5 Å². The van der Waals surface area contributed by atoms with Gasteiger partial charge in [0, 0.05) is 37.5 Å². The summed E-state index contributed by atoms with van der Waals surface area (Å²) in [6, 6.07) is 17.5. The Hall–Kier alpha value is -3.34. The fourth-order valence-corrected chi connectivity index (χ4v) is 2.96. The van der Waals surface area contributed by atoms with Crippen molar-refractivity contribution >= 4 is 16.9 Å². The van der Waals surface area contributed by atoms with Gasteiger partial charge in [-0.05, 0) is 29.8 Å². The van der Waals surface area contributed by atoms with Crippen molar-refractivity contribution in [2.75, 3.05) is 12.4 Å². The molecule has 4 aromatic rings. The van der Waals surface area contributed by atoms with Gasteiger partial charge in [-0.25, -0.2) is 9.97 Å². The Morgan fingerprint density at radius 1 is 0.920 bits per heavy atom. The van der Waals surface area contributed by atoms with Crippen molar-refractivity contribution < 1.29 is 5.11 Å². The molecule has 0 spiro atoms. The quantitative estimate of drug-likeness (QED) is 0.595. The number of nitrogens with one attached hydrogen (secondary N) is 1. The van der Waals surface area contributed by atoms with Gasteiger partial charge < -0.3 is 15.0 Å². The highest BCUT2D eigenvalue weighted by Gasteiger charge is 2.10. The molecule has 2 N–H and O–H groups in total. The summed E-state index contributed by atoms with van der Waals surface area (Å²) < 4.78 is 1.99. The number of anilines is 1. The number of benzene rings is 2. The SMILES string of the molecule is CNc1ccc(-c2ccc(-c3nc4ccc(O)cc4n3C)cc2)cn1. The van der Waals surface area contributed by atoms with E-state index in [1.165, 1.54) is 0 Å². The highest BCUT2D eigenvalue weighted by molar-refractivity contribution is 5.82. The van der Waals surface area contributed by atoms with Gasteiger partial charge >= 0.3 is 0 Å². The molecule has 124 valence electrons. The molecule has 2 heterocycles. The van der Waals surface area contributed by atoms with Crippen LogP contribution in [-0.4, -0.2) is 26.7 Å². The van der Waals surface area contributed by atoms with E-state index in [4.69, 9.17) is 0 Å². The van der Waals surface area contributed by atoms with Crippen molar-refractivity contribution in [3.8, 4) is 28.3 Å². The number of phenolic OH excluding ortho intramolecular Hbond substituents is 1. The van der Waals surface area contributed by atoms with Crippen molar-refractivity contribution in [1.29, 1.82) is 0 Å². The number of aryl methyl sites for hydroxylation is 1. The molecule has 0 radical (unpaired) electrons. The summed E-state index contributed by atoms with van der Waals surface area (Å²) in [5, 5.41) is 12.7. The minimum Gasteiger partial charge on any atom is -0.508 e. The molecule has 0 aliphatic carbocycles. The molecule has 25 heavy (non-hydrogen) atoms. The average molecular weight is 330 g/mol. The number of pyridine rings is 1. The standard InChI is InChI=1S/C20H18N4O/c1-21-19-10-7-15(12-22-19)13-3-5-14(6-4-13)20-23-17-9-8-16(25)11-18(17)24(20)2/h3-12,25H,1-2H3,(H,21,22). The van der Waals surface area contributed by atoms with Crippen molar-refractivity contribution in [3.63, 3.8) is 0 Å². The lowest BCUT2D eigenvalue weighted by molar-refractivity contribution is 0.476. The number of hydrogen-bond acceptors (Lipinski definition) is 4. The first-order valence-electron chi connectivity index (χ1n) is 8.06. The van der Waals surface area contributed by atoms with E-state index in [2.05, 4.69) is 39.6 Å². The average Bonchev–Trinajstić information content (AvgIpc) is 2.98. The largest absolute Gasteiger partial charge is 0.508 e. The molecule has 0 bridgehead atoms. The summed E-state index contributed by atoms with van der Waals surface area (Å²) in [7, 11) is 3.81. The minimum atomic E-state index is 0.245. The van der Waals surface area contributed by atoms with Crippen LogP contribution in [0.5, 0.6) is 5.75 Å². The maximum atomic E-state index is 9.68. The second-order valence-electron chi connectivity index (χ2n) is 5.93. The van der Waals surface area contributed by atoms with E-state index in [1.807, 2.05) is 43.1 Å². The second-order valence-corrected chi connectivity index (χ2v) is 5.93. The fourth-order valence-electron chi connectivity index (χ4n) is 2.96. The first kappa shape index (κ1) is 15.2. The van der Waals surface area contributed by atoms with Crippen molar-refractivity contribution in [1.82, 2.24) is 14.5 Å². The van der Waals surface area contributed by atoms with Crippen molar-refractivity contribution in [2.45, 2.75) is 0 Å². The summed E-state index contributed by atoms with van der Waals surface area (Å²) in [4.78, 5) is 9.03. The van der Waals surface area contributed by atoms with Crippen LogP contribution < -0.4 is 5.32 Å². The van der Waals surface area contributed by atoms with E-state index in [1.54, 1.807) is 12.1 Å². The zero-order valence-corrected chi connectivity index (χ0v) is 14.1. The summed E-state index contributed by atoms with van der Waals surface area (Å²) in [5.41, 5.74) is 4.98. The van der Waals surface area contributed by atoms with Gasteiger partial charge in [0.25, 0.3) is 0 Å². The molecule has 0 saturated carbocycles. The van der Waals surface area contributed by atoms with Crippen LogP contribution in [0.15, 0.2) is 60.8 Å². The maximum absolute atomic E-state index is 9.68. The van der Waals surface area contributed by atoms with E-state index in [9.17, 15) is 5.11 Å². The van der Waals surface area contributed by atoms with Gasteiger partial charge in [-0.1, -0.05) is 24.3 Å². The van der Waals surface area contributed by atoms with E-state index in [0.717, 1.165) is 39.4 Å². The monoisotopic (exact) mass is 330 g/mol. The Labute approximate surface area is 145 Å². The zero-order valence-electron chi connectivity index (χ0n) is 14.1. The molecule has 0 atom stereocenters. The number of hydrogen-bond donors (Lipinski definition) is 2. The Balaban J connectivity index is 1.71. The summed E-state index contributed by atoms with van der Waals surface area (Å²) in [6.45, 7) is 0. The summed E-state index contributed by atoms with van der Waals surface area (Å²) in [6.07, 6.45) is 1.86. The number of imidazole rings is 1. The first-order chi connectivity index (χ1) is 12.2. The van der Waals surface area contributed by atoms with Crippen molar-refractivity contribution in [2.24, 2.45) is 7.05 Å². The Kier molecular flexibility index (Phi) is 3.61. The molecule has 2 aromatic heterocycles. The first-order valence-corrected chi connectivity index (χ1v) is 8.06. The van der Waals surface area contributed by atoms with Gasteiger partial charge in [0.1, 0.15) is 17.4 Å². The number of aromatic hydroxyl groups is 1. The minimum absolute atomic E-state index is 0.245. The van der Waals surface area contributed by atoms with E-state index in [0.29, 0.717) is 0 Å². The van der Waals surface area contributed by atoms with E-state index in [-0.39, 0.29) is 5.75 Å². The molecule has 4 rings (SSSR count). The van der Waals surface area contributed by atoms with Gasteiger partial charge in [0.05, 0.1) is 11.0 Å². The van der Waals surface area contributed by atoms with Crippen LogP contribution in [0.2, 0.25) is 0 Å². The smallest absolute Gasteiger partial charge is 0.140 e. The van der Waals surface area contributed by atoms with Gasteiger partial charge in [-0.3, -0.25) is 0 Å². The Morgan fingerprint density at radius 2 is 1.64 bits per heavy atom. The lowest BCUT2D eigenvalue weighted by Gasteiger charge is -2.06. The molecule has 0 saturated heterocycles. The van der Waals surface area contributed by atoms with E-state index >= 15 is 0 Å². The predicted octanol–water partition coefficient (Wildman–Crippen LogP) is 4.05. The second kappa shape index (κ2) is 5.94. The topological polar surface area (TPSA) is 63.0 Å². The Morgan fingerprint density at radius 3 is 2.32 bits per heavy atom. The summed E-state index contributed by atoms with van der Waals surface area (Å²) in [5.74, 6) is 1.97. The number of phenols is 1. The maximum Gasteiger partial charge on any atom is 0.140 e. The van der Waals surface area contributed by atoms with Crippen LogP contribution in [0, 0.1) is 0 Å². The highest BCUT2D eigenvalue weighted by atomic mass is 16.3. The van der Waals surface area contributed by atoms with Crippen LogP contribution in [0.4, 0.5) is 5.82 Å². The molecule has 0 aliphatic rings. The zero-order chi connectivity index (χ0) is 17.4. The third-order valence-electron chi connectivity index (χ3n) is 4.36. The molecular formula is C20H18N4O. The van der Waals surface area contributed by atoms with Crippen LogP contribution in [0.1, 0.15) is 0 Å². The predicted molar refractivity (Wildman–Crippen MR) is 101 cm³/mol. The Bertz CT molecular complexity index is 1030. The van der Waals surface area contributed by atoms with Crippen LogP contribution >= 0.6 is 0 Å². The van der Waals surface area contributed by atoms with Gasteiger partial charge in [-0.2, -0.15) is 0 Å². The molecular weight excluding hydrogens is 312 g/mol. The van der Waals surface area contributed by atoms with Crippen LogP contribution in [-0.2, 0) is 7.05 Å². The summed E-state index contributed by atoms with van der Waals surface area (Å²) >= 11 is 0. The third-order valence-corrected chi connectivity index (χ3v) is 4.36. The van der Waals surface area contributed by atoms with Gasteiger partial charge in [0.15, 0.2) is 0 Å². The molecule has 5 nitrogen and oxygen atoms in total. The highest BCUT2D eigenvalue weighted by Crippen LogP contribution is 2.28. The molecule has 0 aliphatic heterocycles. The fraction of sp³-hybridized carbons (Fsp3) is 0.100. The molecule has 5 heteroatoms. The van der Waals surface area contributed by atoms with E-state index < -0.39 is 0 Å². The normalized spacial score (nSPS) is 11.0. The molecule has 0 unspecified atom stereocenters. The molecule has 0 amide bonds. The third kappa shape index (κ3) is 2.70. The lowest BCUT2D eigenvalue weighted by Crippen LogP contribution is -1.93. The van der Waals surface area contributed by atoms with Crippen molar-refractivity contribution in [3.05, 3.63) is 60.8 Å².